The summed E-state index contributed by atoms with van der Waals surface area (Å²) in [5.41, 5.74) is 3.39. The van der Waals surface area contributed by atoms with Crippen LogP contribution in [0.15, 0.2) is 35.2 Å². The highest BCUT2D eigenvalue weighted by Crippen LogP contribution is 2.30. The van der Waals surface area contributed by atoms with Crippen molar-refractivity contribution in [1.82, 2.24) is 24.6 Å². The van der Waals surface area contributed by atoms with Gasteiger partial charge in [-0.15, -0.1) is 16.4 Å². The standard InChI is InChI=1S/C17H17N5O2S/c1-21-8-11(7-15(21)23)17-19-16(14-9-25-10-18-14)20-22(17)12-3-5-13(24-2)6-4-12/h3-6,9-11H,7-8H2,1-2H3. The number of nitrogens with zero attached hydrogens (tertiary/aromatic N) is 5. The van der Waals surface area contributed by atoms with Gasteiger partial charge in [-0.25, -0.2) is 14.6 Å². The fraction of sp³-hybridized carbons (Fsp3) is 0.294. The van der Waals surface area contributed by atoms with Crippen LogP contribution in [0.2, 0.25) is 0 Å². The van der Waals surface area contributed by atoms with E-state index in [-0.39, 0.29) is 11.8 Å². The van der Waals surface area contributed by atoms with E-state index in [1.165, 1.54) is 11.3 Å². The Morgan fingerprint density at radius 3 is 2.68 bits per heavy atom. The van der Waals surface area contributed by atoms with E-state index in [4.69, 9.17) is 9.72 Å². The van der Waals surface area contributed by atoms with Crippen molar-refractivity contribution >= 4 is 17.2 Å². The predicted molar refractivity (Wildman–Crippen MR) is 94.0 cm³/mol. The second-order valence-corrected chi connectivity index (χ2v) is 6.67. The summed E-state index contributed by atoms with van der Waals surface area (Å²) in [5.74, 6) is 2.28. The zero-order chi connectivity index (χ0) is 17.4. The molecule has 0 bridgehead atoms. The summed E-state index contributed by atoms with van der Waals surface area (Å²) in [5, 5.41) is 6.57. The molecule has 1 aliphatic rings. The molecule has 7 nitrogen and oxygen atoms in total. The van der Waals surface area contributed by atoms with Crippen LogP contribution in [0.5, 0.6) is 5.75 Å². The van der Waals surface area contributed by atoms with E-state index in [0.29, 0.717) is 18.8 Å². The van der Waals surface area contributed by atoms with Crippen LogP contribution in [-0.4, -0.2) is 51.3 Å². The number of likely N-dealkylation sites (N-methyl/N-ethyl adjacent to an activating group) is 1. The van der Waals surface area contributed by atoms with E-state index in [0.717, 1.165) is 23.0 Å². The third kappa shape index (κ3) is 2.89. The van der Waals surface area contributed by atoms with E-state index in [9.17, 15) is 4.79 Å². The van der Waals surface area contributed by atoms with Gasteiger partial charge in [0, 0.05) is 31.3 Å². The van der Waals surface area contributed by atoms with E-state index in [1.807, 2.05) is 41.4 Å². The fourth-order valence-electron chi connectivity index (χ4n) is 2.97. The highest BCUT2D eigenvalue weighted by atomic mass is 32.1. The molecule has 1 unspecified atom stereocenters. The fourth-order valence-corrected chi connectivity index (χ4v) is 3.50. The van der Waals surface area contributed by atoms with E-state index in [2.05, 4.69) is 10.1 Å². The maximum atomic E-state index is 12.0. The summed E-state index contributed by atoms with van der Waals surface area (Å²) in [6.07, 6.45) is 0.446. The number of methoxy groups -OCH3 is 1. The molecule has 8 heteroatoms. The number of amides is 1. The average Bonchev–Trinajstić information content (AvgIpc) is 3.35. The number of likely N-dealkylation sites (tertiary alicyclic amines) is 1. The van der Waals surface area contributed by atoms with Gasteiger partial charge in [0.25, 0.3) is 0 Å². The third-order valence-corrected chi connectivity index (χ3v) is 4.90. The van der Waals surface area contributed by atoms with Crippen LogP contribution >= 0.6 is 11.3 Å². The molecule has 0 spiro atoms. The highest BCUT2D eigenvalue weighted by Gasteiger charge is 2.32. The van der Waals surface area contributed by atoms with Crippen LogP contribution in [0.4, 0.5) is 0 Å². The lowest BCUT2D eigenvalue weighted by Gasteiger charge is -2.11. The van der Waals surface area contributed by atoms with Gasteiger partial charge >= 0.3 is 0 Å². The molecular weight excluding hydrogens is 338 g/mol. The first-order valence-electron chi connectivity index (χ1n) is 7.89. The molecule has 4 rings (SSSR count). The molecule has 2 aromatic heterocycles. The Balaban J connectivity index is 1.79. The molecule has 128 valence electrons. The highest BCUT2D eigenvalue weighted by molar-refractivity contribution is 7.07. The molecule has 25 heavy (non-hydrogen) atoms. The maximum absolute atomic E-state index is 12.0. The predicted octanol–water partition coefficient (Wildman–Crippen LogP) is 2.35. The molecule has 0 radical (unpaired) electrons. The van der Waals surface area contributed by atoms with E-state index >= 15 is 0 Å². The minimum atomic E-state index is 0.0134. The van der Waals surface area contributed by atoms with Crippen molar-refractivity contribution in [2.45, 2.75) is 12.3 Å². The van der Waals surface area contributed by atoms with Gasteiger partial charge in [-0.1, -0.05) is 0 Å². The van der Waals surface area contributed by atoms with Crippen molar-refractivity contribution < 1.29 is 9.53 Å². The minimum Gasteiger partial charge on any atom is -0.497 e. The first-order chi connectivity index (χ1) is 12.2. The Hall–Kier alpha value is -2.74. The third-order valence-electron chi connectivity index (χ3n) is 4.32. The number of thiazole rings is 1. The lowest BCUT2D eigenvalue weighted by molar-refractivity contribution is -0.126. The number of hydrogen-bond donors (Lipinski definition) is 0. The van der Waals surface area contributed by atoms with Gasteiger partial charge < -0.3 is 9.64 Å². The van der Waals surface area contributed by atoms with Crippen LogP contribution in [0.25, 0.3) is 17.2 Å². The van der Waals surface area contributed by atoms with Crippen molar-refractivity contribution in [2.24, 2.45) is 0 Å². The number of ether oxygens (including phenoxy) is 1. The number of rotatable bonds is 4. The summed E-state index contributed by atoms with van der Waals surface area (Å²) in [7, 11) is 3.45. The van der Waals surface area contributed by atoms with Crippen LogP contribution in [0.3, 0.4) is 0 Å². The molecule has 1 fully saturated rings. The monoisotopic (exact) mass is 355 g/mol. The van der Waals surface area contributed by atoms with Gasteiger partial charge in [-0.3, -0.25) is 4.79 Å². The van der Waals surface area contributed by atoms with E-state index < -0.39 is 0 Å². The van der Waals surface area contributed by atoms with Crippen LogP contribution < -0.4 is 4.74 Å². The molecule has 0 saturated carbocycles. The van der Waals surface area contributed by atoms with Crippen LogP contribution in [0.1, 0.15) is 18.2 Å². The zero-order valence-corrected chi connectivity index (χ0v) is 14.7. The lowest BCUT2D eigenvalue weighted by Crippen LogP contribution is -2.19. The Morgan fingerprint density at radius 1 is 1.28 bits per heavy atom. The van der Waals surface area contributed by atoms with Crippen LogP contribution in [-0.2, 0) is 4.79 Å². The minimum absolute atomic E-state index is 0.0134. The maximum Gasteiger partial charge on any atom is 0.223 e. The molecule has 1 aromatic carbocycles. The summed E-state index contributed by atoms with van der Waals surface area (Å²) >= 11 is 1.50. The van der Waals surface area contributed by atoms with Gasteiger partial charge in [0.2, 0.25) is 11.7 Å². The summed E-state index contributed by atoms with van der Waals surface area (Å²) in [6.45, 7) is 0.643. The summed E-state index contributed by atoms with van der Waals surface area (Å²) < 4.78 is 7.03. The van der Waals surface area contributed by atoms with Crippen molar-refractivity contribution in [3.05, 3.63) is 41.0 Å². The quantitative estimate of drug-likeness (QED) is 0.718. The summed E-state index contributed by atoms with van der Waals surface area (Å²) in [6, 6.07) is 7.63. The van der Waals surface area contributed by atoms with Gasteiger partial charge in [0.05, 0.1) is 18.3 Å². The number of aromatic nitrogens is 4. The Labute approximate surface area is 148 Å². The van der Waals surface area contributed by atoms with Crippen molar-refractivity contribution in [2.75, 3.05) is 20.7 Å². The molecule has 1 amide bonds. The molecule has 1 saturated heterocycles. The first-order valence-corrected chi connectivity index (χ1v) is 8.84. The topological polar surface area (TPSA) is 73.1 Å². The van der Waals surface area contributed by atoms with Crippen LogP contribution in [0, 0.1) is 0 Å². The first kappa shape index (κ1) is 15.8. The number of carbonyl (C=O) groups is 1. The number of hydrogen-bond acceptors (Lipinski definition) is 6. The van der Waals surface area contributed by atoms with Crippen molar-refractivity contribution in [1.29, 1.82) is 0 Å². The molecule has 1 atom stereocenters. The normalized spacial score (nSPS) is 17.3. The summed E-state index contributed by atoms with van der Waals surface area (Å²) in [4.78, 5) is 22.7. The lowest BCUT2D eigenvalue weighted by atomic mass is 10.1. The van der Waals surface area contributed by atoms with Gasteiger partial charge in [-0.2, -0.15) is 0 Å². The largest absolute Gasteiger partial charge is 0.497 e. The molecule has 0 aliphatic carbocycles. The molecular formula is C17H17N5O2S. The Morgan fingerprint density at radius 2 is 2.08 bits per heavy atom. The molecule has 0 N–H and O–H groups in total. The van der Waals surface area contributed by atoms with E-state index in [1.54, 1.807) is 17.5 Å². The second kappa shape index (κ2) is 6.29. The van der Waals surface area contributed by atoms with Gasteiger partial charge in [0.1, 0.15) is 17.3 Å². The smallest absolute Gasteiger partial charge is 0.223 e. The van der Waals surface area contributed by atoms with Gasteiger partial charge in [-0.05, 0) is 24.3 Å². The number of carbonyl (C=O) groups excluding carboxylic acids is 1. The molecule has 1 aliphatic heterocycles. The molecule has 3 heterocycles. The Kier molecular flexibility index (Phi) is 3.96. The Bertz CT molecular complexity index is 888. The van der Waals surface area contributed by atoms with Crippen molar-refractivity contribution in [3.8, 4) is 23.0 Å². The molecule has 3 aromatic rings. The van der Waals surface area contributed by atoms with Crippen molar-refractivity contribution in [3.63, 3.8) is 0 Å². The zero-order valence-electron chi connectivity index (χ0n) is 13.9. The van der Waals surface area contributed by atoms with Gasteiger partial charge in [0.15, 0.2) is 0 Å². The second-order valence-electron chi connectivity index (χ2n) is 5.95. The average molecular weight is 355 g/mol. The SMILES string of the molecule is COc1ccc(-n2nc(-c3cscn3)nc2C2CC(=O)N(C)C2)cc1. The number of benzene rings is 1.